The van der Waals surface area contributed by atoms with Gasteiger partial charge in [0.25, 0.3) is 0 Å². The lowest BCUT2D eigenvalue weighted by molar-refractivity contribution is 0.0690. The van der Waals surface area contributed by atoms with Crippen molar-refractivity contribution < 1.29 is 9.90 Å². The third-order valence-corrected chi connectivity index (χ3v) is 7.06. The molecule has 1 aromatic heterocycles. The summed E-state index contributed by atoms with van der Waals surface area (Å²) in [5, 5.41) is 16.7. The molecule has 0 saturated heterocycles. The van der Waals surface area contributed by atoms with Crippen LogP contribution in [0, 0.1) is 25.7 Å². The second-order valence-corrected chi connectivity index (χ2v) is 8.77. The highest BCUT2D eigenvalue weighted by Crippen LogP contribution is 2.44. The molecule has 0 amide bonds. The molecule has 1 N–H and O–H groups in total. The summed E-state index contributed by atoms with van der Waals surface area (Å²) in [5.41, 5.74) is 6.91. The Morgan fingerprint density at radius 3 is 2.59 bits per heavy atom. The monoisotopic (exact) mass is 389 g/mol. The van der Waals surface area contributed by atoms with Crippen molar-refractivity contribution in [2.75, 3.05) is 5.01 Å². The average molecular weight is 389 g/mol. The zero-order valence-electron chi connectivity index (χ0n) is 17.1. The Morgan fingerprint density at radius 1 is 1.07 bits per heavy atom. The Balaban J connectivity index is 1.59. The minimum Gasteiger partial charge on any atom is -0.477 e. The fraction of sp³-hybridized carbons (Fsp3) is 0.458. The van der Waals surface area contributed by atoms with Crippen LogP contribution < -0.4 is 5.01 Å². The predicted molar refractivity (Wildman–Crippen MR) is 114 cm³/mol. The molecule has 1 saturated carbocycles. The van der Waals surface area contributed by atoms with E-state index in [1.54, 1.807) is 6.07 Å². The van der Waals surface area contributed by atoms with E-state index in [0.29, 0.717) is 17.9 Å². The van der Waals surface area contributed by atoms with Gasteiger partial charge in [-0.15, -0.1) is 0 Å². The molecule has 2 aliphatic carbocycles. The van der Waals surface area contributed by atoms with Crippen molar-refractivity contribution in [1.82, 2.24) is 4.98 Å². The largest absolute Gasteiger partial charge is 0.477 e. The molecule has 5 rings (SSSR count). The molecular weight excluding hydrogens is 362 g/mol. The van der Waals surface area contributed by atoms with E-state index >= 15 is 0 Å². The first-order valence-electron chi connectivity index (χ1n) is 10.7. The highest BCUT2D eigenvalue weighted by atomic mass is 16.4. The number of aromatic carboxylic acids is 1. The van der Waals surface area contributed by atoms with Crippen molar-refractivity contribution in [3.8, 4) is 0 Å². The number of benzene rings is 1. The lowest BCUT2D eigenvalue weighted by Gasteiger charge is -2.34. The normalized spacial score (nSPS) is 23.7. The van der Waals surface area contributed by atoms with Crippen LogP contribution in [0.25, 0.3) is 0 Å². The number of hydrogen-bond donors (Lipinski definition) is 1. The first-order valence-corrected chi connectivity index (χ1v) is 10.7. The van der Waals surface area contributed by atoms with E-state index in [1.807, 2.05) is 6.07 Å². The number of carbonyl (C=O) groups is 1. The van der Waals surface area contributed by atoms with Crippen LogP contribution in [0.1, 0.15) is 65.0 Å². The topological polar surface area (TPSA) is 65.8 Å². The van der Waals surface area contributed by atoms with Crippen molar-refractivity contribution in [2.24, 2.45) is 16.9 Å². The molecule has 5 nitrogen and oxygen atoms in total. The van der Waals surface area contributed by atoms with Crippen molar-refractivity contribution in [1.29, 1.82) is 0 Å². The number of pyridine rings is 1. The van der Waals surface area contributed by atoms with E-state index in [9.17, 15) is 9.90 Å². The minimum atomic E-state index is -0.969. The maximum Gasteiger partial charge on any atom is 0.354 e. The van der Waals surface area contributed by atoms with E-state index in [0.717, 1.165) is 29.8 Å². The molecule has 3 aliphatic rings. The Kier molecular flexibility index (Phi) is 4.41. The summed E-state index contributed by atoms with van der Waals surface area (Å²) < 4.78 is 0. The van der Waals surface area contributed by atoms with Gasteiger partial charge in [0.05, 0.1) is 23.1 Å². The summed E-state index contributed by atoms with van der Waals surface area (Å²) in [6, 6.07) is 10.6. The fourth-order valence-electron chi connectivity index (χ4n) is 5.41. The number of aromatic nitrogens is 1. The summed E-state index contributed by atoms with van der Waals surface area (Å²) in [6.45, 7) is 4.30. The van der Waals surface area contributed by atoms with Gasteiger partial charge in [0, 0.05) is 11.5 Å². The quantitative estimate of drug-likeness (QED) is 0.823. The molecular formula is C24H27N3O2. The molecule has 29 heavy (non-hydrogen) atoms. The number of carboxylic acids is 1. The van der Waals surface area contributed by atoms with Gasteiger partial charge < -0.3 is 5.11 Å². The highest BCUT2D eigenvalue weighted by Gasteiger charge is 2.45. The molecule has 2 heterocycles. The summed E-state index contributed by atoms with van der Waals surface area (Å²) >= 11 is 0. The minimum absolute atomic E-state index is 0.124. The van der Waals surface area contributed by atoms with Gasteiger partial charge >= 0.3 is 5.97 Å². The van der Waals surface area contributed by atoms with Crippen LogP contribution in [0.2, 0.25) is 0 Å². The first-order chi connectivity index (χ1) is 14.0. The Labute approximate surface area is 171 Å². The van der Waals surface area contributed by atoms with Crippen molar-refractivity contribution in [3.05, 3.63) is 58.4 Å². The lowest BCUT2D eigenvalue weighted by atomic mass is 9.76. The number of nitrogens with zero attached hydrogens (tertiary/aromatic N) is 3. The molecule has 2 aromatic rings. The van der Waals surface area contributed by atoms with Gasteiger partial charge in [0.1, 0.15) is 5.69 Å². The lowest BCUT2D eigenvalue weighted by Crippen LogP contribution is -2.40. The fourth-order valence-corrected chi connectivity index (χ4v) is 5.41. The summed E-state index contributed by atoms with van der Waals surface area (Å²) in [5.74, 6) is 0.0872. The standard InChI is InChI=1S/C24H27N3O2/c1-14-7-8-17(13-15(14)2)27-23(16-5-3-4-6-16)19-10-11-20-18(22(19)26-27)9-12-21(25-20)24(28)29/h7-9,12-13,16,19,23H,3-6,10-11H2,1-2H3,(H,28,29). The molecule has 1 fully saturated rings. The molecule has 0 bridgehead atoms. The number of fused-ring (bicyclic) bond motifs is 3. The van der Waals surface area contributed by atoms with Gasteiger partial charge in [-0.2, -0.15) is 5.10 Å². The zero-order chi connectivity index (χ0) is 20.1. The van der Waals surface area contributed by atoms with Gasteiger partial charge in [-0.3, -0.25) is 5.01 Å². The maximum absolute atomic E-state index is 11.3. The average Bonchev–Trinajstić information content (AvgIpc) is 3.36. The highest BCUT2D eigenvalue weighted by molar-refractivity contribution is 6.07. The van der Waals surface area contributed by atoms with Crippen LogP contribution >= 0.6 is 0 Å². The van der Waals surface area contributed by atoms with E-state index in [-0.39, 0.29) is 5.69 Å². The third kappa shape index (κ3) is 3.04. The van der Waals surface area contributed by atoms with Crippen LogP contribution in [-0.4, -0.2) is 27.8 Å². The summed E-state index contributed by atoms with van der Waals surface area (Å²) in [6.07, 6.45) is 6.98. The van der Waals surface area contributed by atoms with Gasteiger partial charge in [-0.25, -0.2) is 9.78 Å². The van der Waals surface area contributed by atoms with Crippen LogP contribution in [0.4, 0.5) is 5.69 Å². The van der Waals surface area contributed by atoms with Crippen molar-refractivity contribution in [2.45, 2.75) is 58.4 Å². The maximum atomic E-state index is 11.3. The van der Waals surface area contributed by atoms with E-state index < -0.39 is 5.97 Å². The van der Waals surface area contributed by atoms with Crippen molar-refractivity contribution in [3.63, 3.8) is 0 Å². The number of hydrazone groups is 1. The molecule has 2 atom stereocenters. The molecule has 5 heteroatoms. The molecule has 2 unspecified atom stereocenters. The number of rotatable bonds is 3. The van der Waals surface area contributed by atoms with Crippen LogP contribution in [0.5, 0.6) is 0 Å². The Morgan fingerprint density at radius 2 is 1.86 bits per heavy atom. The molecule has 1 aliphatic heterocycles. The van der Waals surface area contributed by atoms with E-state index in [1.165, 1.54) is 42.5 Å². The summed E-state index contributed by atoms with van der Waals surface area (Å²) in [4.78, 5) is 15.8. The Hall–Kier alpha value is -2.69. The van der Waals surface area contributed by atoms with Crippen LogP contribution in [-0.2, 0) is 6.42 Å². The second kappa shape index (κ2) is 6.97. The third-order valence-electron chi connectivity index (χ3n) is 7.06. The van der Waals surface area contributed by atoms with Gasteiger partial charge in [-0.05, 0) is 80.8 Å². The second-order valence-electron chi connectivity index (χ2n) is 8.77. The van der Waals surface area contributed by atoms with Gasteiger partial charge in [0.2, 0.25) is 0 Å². The predicted octanol–water partition coefficient (Wildman–Crippen LogP) is 4.74. The van der Waals surface area contributed by atoms with Crippen molar-refractivity contribution >= 4 is 17.4 Å². The van der Waals surface area contributed by atoms with Crippen LogP contribution in [0.3, 0.4) is 0 Å². The molecule has 150 valence electrons. The molecule has 1 aromatic carbocycles. The SMILES string of the molecule is Cc1ccc(N2N=C3c4ccc(C(=O)O)nc4CCC3C2C2CCCC2)cc1C. The number of aryl methyl sites for hydroxylation is 3. The van der Waals surface area contributed by atoms with Gasteiger partial charge in [0.15, 0.2) is 0 Å². The number of anilines is 1. The van der Waals surface area contributed by atoms with Crippen LogP contribution in [0.15, 0.2) is 35.4 Å². The first kappa shape index (κ1) is 18.3. The Bertz CT molecular complexity index is 1010. The van der Waals surface area contributed by atoms with E-state index in [2.05, 4.69) is 42.0 Å². The number of hydrogen-bond acceptors (Lipinski definition) is 4. The summed E-state index contributed by atoms with van der Waals surface area (Å²) in [7, 11) is 0. The zero-order valence-corrected chi connectivity index (χ0v) is 17.1. The smallest absolute Gasteiger partial charge is 0.354 e. The van der Waals surface area contributed by atoms with E-state index in [4.69, 9.17) is 5.10 Å². The molecule has 0 spiro atoms. The molecule has 0 radical (unpaired) electrons. The number of carboxylic acid groups (broad SMARTS) is 1. The van der Waals surface area contributed by atoms with Gasteiger partial charge in [-0.1, -0.05) is 18.9 Å².